The zero-order valence-corrected chi connectivity index (χ0v) is 12.6. The molecule has 1 aromatic rings. The van der Waals surface area contributed by atoms with Crippen molar-refractivity contribution >= 4 is 34.6 Å². The van der Waals surface area contributed by atoms with E-state index in [1.165, 1.54) is 12.8 Å². The Balaban J connectivity index is 1.25. The van der Waals surface area contributed by atoms with Crippen molar-refractivity contribution in [2.45, 2.75) is 18.9 Å². The lowest BCUT2D eigenvalue weighted by Crippen LogP contribution is -2.41. The molecular formula is C16H17ClN2S. The Labute approximate surface area is 129 Å². The molecule has 0 radical (unpaired) electrons. The number of hydrogen-bond acceptors (Lipinski definition) is 1. The van der Waals surface area contributed by atoms with Gasteiger partial charge in [0.15, 0.2) is 5.11 Å². The summed E-state index contributed by atoms with van der Waals surface area (Å²) in [5, 5.41) is 8.36. The van der Waals surface area contributed by atoms with Crippen LogP contribution in [0, 0.1) is 35.5 Å². The van der Waals surface area contributed by atoms with Crippen LogP contribution < -0.4 is 10.6 Å². The van der Waals surface area contributed by atoms with Crippen LogP contribution in [0.3, 0.4) is 0 Å². The van der Waals surface area contributed by atoms with Gasteiger partial charge in [-0.3, -0.25) is 0 Å². The number of halogens is 1. The van der Waals surface area contributed by atoms with Gasteiger partial charge in [-0.1, -0.05) is 11.6 Å². The second kappa shape index (κ2) is 3.89. The highest BCUT2D eigenvalue weighted by Crippen LogP contribution is 2.80. The average Bonchev–Trinajstić information content (AvgIpc) is 2.78. The Kier molecular flexibility index (Phi) is 2.30. The van der Waals surface area contributed by atoms with Crippen LogP contribution in [0.15, 0.2) is 24.3 Å². The Morgan fingerprint density at radius 2 is 1.75 bits per heavy atom. The quantitative estimate of drug-likeness (QED) is 0.818. The first kappa shape index (κ1) is 11.8. The SMILES string of the molecule is S=C(Nc1ccc(Cl)cc1)NC1CC2C3CC4C2C4C13. The standard InChI is InChI=1S/C16H17ClN2S/c17-7-1-3-8(4-2-7)18-16(20)19-12-6-10-9-5-11-13(10)15(11)14(9)12/h1-4,9-15H,5-6H2,(H2,18,19,20). The molecule has 5 aliphatic carbocycles. The lowest BCUT2D eigenvalue weighted by Gasteiger charge is -2.24. The van der Waals surface area contributed by atoms with Crippen LogP contribution in [0.25, 0.3) is 0 Å². The molecule has 2 N–H and O–H groups in total. The van der Waals surface area contributed by atoms with Gasteiger partial charge < -0.3 is 10.6 Å². The maximum atomic E-state index is 5.89. The van der Waals surface area contributed by atoms with E-state index in [0.29, 0.717) is 6.04 Å². The van der Waals surface area contributed by atoms with Crippen molar-refractivity contribution in [2.24, 2.45) is 35.5 Å². The van der Waals surface area contributed by atoms with Crippen molar-refractivity contribution in [3.8, 4) is 0 Å². The van der Waals surface area contributed by atoms with E-state index in [9.17, 15) is 0 Å². The first-order valence-electron chi connectivity index (χ1n) is 7.55. The molecule has 6 bridgehead atoms. The summed E-state index contributed by atoms with van der Waals surface area (Å²) < 4.78 is 0. The summed E-state index contributed by atoms with van der Waals surface area (Å²) >= 11 is 11.4. The lowest BCUT2D eigenvalue weighted by atomic mass is 9.95. The molecule has 6 rings (SSSR count). The zero-order chi connectivity index (χ0) is 13.4. The van der Waals surface area contributed by atoms with Gasteiger partial charge in [0.25, 0.3) is 0 Å². The molecule has 7 atom stereocenters. The van der Waals surface area contributed by atoms with Gasteiger partial charge in [-0.15, -0.1) is 0 Å². The fourth-order valence-corrected chi connectivity index (χ4v) is 6.16. The van der Waals surface area contributed by atoms with Crippen LogP contribution in [-0.4, -0.2) is 11.2 Å². The van der Waals surface area contributed by atoms with Gasteiger partial charge in [0, 0.05) is 16.8 Å². The summed E-state index contributed by atoms with van der Waals surface area (Å²) in [5.74, 6) is 6.21. The molecule has 0 heterocycles. The highest BCUT2D eigenvalue weighted by Gasteiger charge is 2.77. The van der Waals surface area contributed by atoms with Crippen molar-refractivity contribution < 1.29 is 0 Å². The Morgan fingerprint density at radius 3 is 2.40 bits per heavy atom. The van der Waals surface area contributed by atoms with E-state index in [-0.39, 0.29) is 0 Å². The van der Waals surface area contributed by atoms with Gasteiger partial charge in [0.2, 0.25) is 0 Å². The number of anilines is 1. The maximum absolute atomic E-state index is 5.89. The number of thiocarbonyl (C=S) groups is 1. The minimum absolute atomic E-state index is 0.617. The molecule has 2 nitrogen and oxygen atoms in total. The predicted molar refractivity (Wildman–Crippen MR) is 84.8 cm³/mol. The first-order valence-corrected chi connectivity index (χ1v) is 8.34. The van der Waals surface area contributed by atoms with Crippen molar-refractivity contribution in [3.63, 3.8) is 0 Å². The smallest absolute Gasteiger partial charge is 0.171 e. The number of hydrogen-bond donors (Lipinski definition) is 2. The molecule has 7 unspecified atom stereocenters. The Morgan fingerprint density at radius 1 is 1.00 bits per heavy atom. The van der Waals surface area contributed by atoms with E-state index in [1.54, 1.807) is 0 Å². The average molecular weight is 305 g/mol. The largest absolute Gasteiger partial charge is 0.359 e. The van der Waals surface area contributed by atoms with Crippen LogP contribution in [0.2, 0.25) is 5.02 Å². The van der Waals surface area contributed by atoms with Crippen molar-refractivity contribution in [2.75, 3.05) is 5.32 Å². The Hall–Kier alpha value is -0.800. The summed E-state index contributed by atoms with van der Waals surface area (Å²) in [6.07, 6.45) is 2.86. The second-order valence-corrected chi connectivity index (χ2v) is 7.75. The molecule has 0 saturated heterocycles. The molecule has 4 heteroatoms. The summed E-state index contributed by atoms with van der Waals surface area (Å²) in [7, 11) is 0. The van der Waals surface area contributed by atoms with Gasteiger partial charge in [-0.2, -0.15) is 0 Å². The number of rotatable bonds is 2. The molecule has 0 aliphatic heterocycles. The van der Waals surface area contributed by atoms with Crippen LogP contribution in [0.1, 0.15) is 12.8 Å². The third-order valence-corrected chi connectivity index (χ3v) is 6.70. The molecule has 20 heavy (non-hydrogen) atoms. The van der Waals surface area contributed by atoms with E-state index in [0.717, 1.165) is 51.3 Å². The molecular weight excluding hydrogens is 288 g/mol. The topological polar surface area (TPSA) is 24.1 Å². The van der Waals surface area contributed by atoms with E-state index < -0.39 is 0 Å². The van der Waals surface area contributed by atoms with Gasteiger partial charge in [0.1, 0.15) is 0 Å². The van der Waals surface area contributed by atoms with Gasteiger partial charge in [-0.05, 0) is 84.8 Å². The fourth-order valence-electron chi connectivity index (χ4n) is 5.76. The zero-order valence-electron chi connectivity index (χ0n) is 11.1. The number of benzene rings is 1. The van der Waals surface area contributed by atoms with Crippen molar-refractivity contribution in [1.29, 1.82) is 0 Å². The fraction of sp³-hybridized carbons (Fsp3) is 0.562. The summed E-state index contributed by atoms with van der Waals surface area (Å²) in [4.78, 5) is 0. The van der Waals surface area contributed by atoms with Crippen molar-refractivity contribution in [1.82, 2.24) is 5.32 Å². The summed E-state index contributed by atoms with van der Waals surface area (Å²) in [5.41, 5.74) is 1.00. The van der Waals surface area contributed by atoms with Crippen molar-refractivity contribution in [3.05, 3.63) is 29.3 Å². The predicted octanol–water partition coefficient (Wildman–Crippen LogP) is 3.53. The van der Waals surface area contributed by atoms with Crippen LogP contribution >= 0.6 is 23.8 Å². The molecule has 1 aromatic carbocycles. The molecule has 0 amide bonds. The third kappa shape index (κ3) is 1.48. The van der Waals surface area contributed by atoms with Gasteiger partial charge in [0.05, 0.1) is 0 Å². The summed E-state index contributed by atoms with van der Waals surface area (Å²) in [6, 6.07) is 8.31. The highest BCUT2D eigenvalue weighted by atomic mass is 35.5. The normalized spacial score (nSPS) is 45.5. The third-order valence-electron chi connectivity index (χ3n) is 6.23. The second-order valence-electron chi connectivity index (χ2n) is 6.91. The molecule has 5 saturated carbocycles. The van der Waals surface area contributed by atoms with Crippen LogP contribution in [0.4, 0.5) is 5.69 Å². The van der Waals surface area contributed by atoms with E-state index in [4.69, 9.17) is 23.8 Å². The van der Waals surface area contributed by atoms with E-state index in [1.807, 2.05) is 24.3 Å². The Bertz CT molecular complexity index is 587. The van der Waals surface area contributed by atoms with Crippen LogP contribution in [0.5, 0.6) is 0 Å². The van der Waals surface area contributed by atoms with Gasteiger partial charge >= 0.3 is 0 Å². The lowest BCUT2D eigenvalue weighted by molar-refractivity contribution is 0.367. The minimum atomic E-state index is 0.617. The maximum Gasteiger partial charge on any atom is 0.171 e. The van der Waals surface area contributed by atoms with Crippen LogP contribution in [-0.2, 0) is 0 Å². The monoisotopic (exact) mass is 304 g/mol. The van der Waals surface area contributed by atoms with E-state index in [2.05, 4.69) is 10.6 Å². The molecule has 5 fully saturated rings. The number of nitrogens with one attached hydrogen (secondary N) is 2. The molecule has 0 aromatic heterocycles. The van der Waals surface area contributed by atoms with E-state index >= 15 is 0 Å². The minimum Gasteiger partial charge on any atom is -0.359 e. The van der Waals surface area contributed by atoms with Gasteiger partial charge in [-0.25, -0.2) is 0 Å². The molecule has 0 spiro atoms. The summed E-state index contributed by atoms with van der Waals surface area (Å²) in [6.45, 7) is 0. The molecule has 104 valence electrons. The first-order chi connectivity index (χ1) is 9.72. The molecule has 5 aliphatic rings. The highest BCUT2D eigenvalue weighted by molar-refractivity contribution is 7.80.